The molecule has 0 spiro atoms. The molecule has 0 bridgehead atoms. The van der Waals surface area contributed by atoms with Crippen molar-refractivity contribution >= 4 is 10.1 Å². The molecule has 3 rings (SSSR count). The summed E-state index contributed by atoms with van der Waals surface area (Å²) in [5, 5.41) is 4.17. The normalized spacial score (nSPS) is 14.8. The second-order valence-electron chi connectivity index (χ2n) is 5.10. The maximum atomic E-state index is 12.6. The molecule has 0 unspecified atom stereocenters. The molecule has 2 aromatic heterocycles. The lowest BCUT2D eigenvalue weighted by Crippen LogP contribution is -2.28. The molecule has 3 heterocycles. The second kappa shape index (κ2) is 5.22. The van der Waals surface area contributed by atoms with Crippen molar-refractivity contribution in [3.63, 3.8) is 0 Å². The van der Waals surface area contributed by atoms with Crippen LogP contribution in [0.1, 0.15) is 17.8 Å². The van der Waals surface area contributed by atoms with Crippen molar-refractivity contribution in [2.45, 2.75) is 31.8 Å². The third-order valence-electron chi connectivity index (χ3n) is 3.40. The van der Waals surface area contributed by atoms with Crippen LogP contribution in [0.2, 0.25) is 0 Å². The highest BCUT2D eigenvalue weighted by Gasteiger charge is 2.49. The maximum absolute atomic E-state index is 12.6. The van der Waals surface area contributed by atoms with E-state index in [0.717, 1.165) is 0 Å². The molecule has 124 valence electrons. The number of alkyl halides is 3. The third-order valence-corrected chi connectivity index (χ3v) is 4.35. The van der Waals surface area contributed by atoms with E-state index >= 15 is 0 Å². The third kappa shape index (κ3) is 2.78. The highest BCUT2D eigenvalue weighted by atomic mass is 32.2. The van der Waals surface area contributed by atoms with Gasteiger partial charge >= 0.3 is 15.6 Å². The number of rotatable bonds is 3. The Hall–Kier alpha value is -2.10. The molecule has 0 saturated carbocycles. The number of halogens is 3. The first kappa shape index (κ1) is 15.8. The smallest absolute Gasteiger partial charge is 0.372 e. The van der Waals surface area contributed by atoms with Gasteiger partial charge in [-0.3, -0.25) is 9.67 Å². The van der Waals surface area contributed by atoms with E-state index in [0.29, 0.717) is 30.8 Å². The van der Waals surface area contributed by atoms with Crippen LogP contribution in [0.5, 0.6) is 5.75 Å². The van der Waals surface area contributed by atoms with Gasteiger partial charge in [-0.2, -0.15) is 26.7 Å². The van der Waals surface area contributed by atoms with Crippen molar-refractivity contribution in [2.24, 2.45) is 0 Å². The fraction of sp³-hybridized carbons (Fsp3) is 0.385. The van der Waals surface area contributed by atoms with Gasteiger partial charge in [0.25, 0.3) is 0 Å². The van der Waals surface area contributed by atoms with Crippen molar-refractivity contribution < 1.29 is 25.8 Å². The predicted octanol–water partition coefficient (Wildman–Crippen LogP) is 2.43. The van der Waals surface area contributed by atoms with E-state index in [2.05, 4.69) is 14.3 Å². The summed E-state index contributed by atoms with van der Waals surface area (Å²) in [5.41, 5.74) is -4.29. The average molecular weight is 347 g/mol. The Bertz CT molecular complexity index is 859. The topological polar surface area (TPSA) is 74.1 Å². The minimum atomic E-state index is -5.76. The van der Waals surface area contributed by atoms with E-state index < -0.39 is 21.4 Å². The molecular formula is C13H12F3N3O3S. The maximum Gasteiger partial charge on any atom is 0.534 e. The number of pyridine rings is 1. The monoisotopic (exact) mass is 347 g/mol. The van der Waals surface area contributed by atoms with Crippen molar-refractivity contribution in [2.75, 3.05) is 0 Å². The van der Waals surface area contributed by atoms with Crippen LogP contribution < -0.4 is 4.18 Å². The highest BCUT2D eigenvalue weighted by Crippen LogP contribution is 2.38. The standard InChI is InChI=1S/C13H12F3N3O3S/c1-8-4-2-5-9(17-8)11-12(10-6-3-7-19(10)18-11)22-23(20,21)13(14,15)16/h2,4-5H,3,6-7H2,1H3. The molecule has 23 heavy (non-hydrogen) atoms. The molecule has 1 aliphatic heterocycles. The molecule has 1 aliphatic rings. The zero-order valence-electron chi connectivity index (χ0n) is 12.0. The zero-order chi connectivity index (χ0) is 16.8. The van der Waals surface area contributed by atoms with Crippen LogP contribution in [0.3, 0.4) is 0 Å². The predicted molar refractivity (Wildman–Crippen MR) is 74.1 cm³/mol. The van der Waals surface area contributed by atoms with Crippen molar-refractivity contribution in [3.8, 4) is 17.1 Å². The summed E-state index contributed by atoms with van der Waals surface area (Å²) in [6, 6.07) is 4.91. The quantitative estimate of drug-likeness (QED) is 0.630. The molecule has 0 fully saturated rings. The lowest BCUT2D eigenvalue weighted by molar-refractivity contribution is -0.0500. The molecular weight excluding hydrogens is 335 g/mol. The Morgan fingerprint density at radius 1 is 1.30 bits per heavy atom. The Morgan fingerprint density at radius 3 is 2.70 bits per heavy atom. The lowest BCUT2D eigenvalue weighted by atomic mass is 10.2. The number of hydrogen-bond acceptors (Lipinski definition) is 5. The molecule has 0 amide bonds. The van der Waals surface area contributed by atoms with Gasteiger partial charge in [0.05, 0.1) is 11.4 Å². The minimum Gasteiger partial charge on any atom is -0.372 e. The average Bonchev–Trinajstić information content (AvgIpc) is 3.00. The van der Waals surface area contributed by atoms with Gasteiger partial charge in [-0.25, -0.2) is 0 Å². The molecule has 0 radical (unpaired) electrons. The summed E-state index contributed by atoms with van der Waals surface area (Å²) in [6.07, 6.45) is 1.05. The van der Waals surface area contributed by atoms with Crippen molar-refractivity contribution in [3.05, 3.63) is 29.6 Å². The first-order chi connectivity index (χ1) is 10.7. The molecule has 0 saturated heterocycles. The molecule has 6 nitrogen and oxygen atoms in total. The lowest BCUT2D eigenvalue weighted by Gasteiger charge is -2.10. The molecule has 2 aromatic rings. The van der Waals surface area contributed by atoms with Crippen LogP contribution in [0.25, 0.3) is 11.4 Å². The molecule has 0 atom stereocenters. The van der Waals surface area contributed by atoms with Gasteiger partial charge in [0.15, 0.2) is 11.4 Å². The van der Waals surface area contributed by atoms with Gasteiger partial charge in [-0.15, -0.1) is 0 Å². The summed E-state index contributed by atoms with van der Waals surface area (Å²) in [5.74, 6) is -0.391. The Morgan fingerprint density at radius 2 is 2.04 bits per heavy atom. The Kier molecular flexibility index (Phi) is 3.58. The minimum absolute atomic E-state index is 0.00350. The summed E-state index contributed by atoms with van der Waals surface area (Å²) in [6.45, 7) is 2.20. The first-order valence-corrected chi connectivity index (χ1v) is 8.14. The number of fused-ring (bicyclic) bond motifs is 1. The SMILES string of the molecule is Cc1cccc(-c2nn3c(c2OS(=O)(=O)C(F)(F)F)CCC3)n1. The fourth-order valence-corrected chi connectivity index (χ4v) is 2.88. The second-order valence-corrected chi connectivity index (χ2v) is 6.64. The van der Waals surface area contributed by atoms with E-state index in [1.54, 1.807) is 19.1 Å². The van der Waals surface area contributed by atoms with Crippen LogP contribution >= 0.6 is 0 Å². The van der Waals surface area contributed by atoms with Gasteiger partial charge in [0, 0.05) is 12.2 Å². The zero-order valence-corrected chi connectivity index (χ0v) is 12.8. The van der Waals surface area contributed by atoms with Crippen molar-refractivity contribution in [1.29, 1.82) is 0 Å². The number of aryl methyl sites for hydroxylation is 2. The summed E-state index contributed by atoms with van der Waals surface area (Å²) >= 11 is 0. The van der Waals surface area contributed by atoms with Crippen LogP contribution in [-0.2, 0) is 23.1 Å². The Labute approximate surface area is 130 Å². The van der Waals surface area contributed by atoms with Crippen LogP contribution in [-0.4, -0.2) is 28.7 Å². The summed E-state index contributed by atoms with van der Waals surface area (Å²) < 4.78 is 66.4. The van der Waals surface area contributed by atoms with Gasteiger partial charge in [0.1, 0.15) is 0 Å². The van der Waals surface area contributed by atoms with E-state index in [1.165, 1.54) is 10.7 Å². The number of nitrogens with zero attached hydrogens (tertiary/aromatic N) is 3. The van der Waals surface area contributed by atoms with E-state index in [-0.39, 0.29) is 11.4 Å². The molecule has 10 heteroatoms. The van der Waals surface area contributed by atoms with E-state index in [9.17, 15) is 21.6 Å². The first-order valence-electron chi connectivity index (χ1n) is 6.73. The fourth-order valence-electron chi connectivity index (χ4n) is 2.39. The largest absolute Gasteiger partial charge is 0.534 e. The van der Waals surface area contributed by atoms with Gasteiger partial charge in [-0.1, -0.05) is 6.07 Å². The van der Waals surface area contributed by atoms with Crippen LogP contribution in [0.15, 0.2) is 18.2 Å². The molecule has 0 N–H and O–H groups in total. The highest BCUT2D eigenvalue weighted by molar-refractivity contribution is 7.88. The van der Waals surface area contributed by atoms with Gasteiger partial charge in [0.2, 0.25) is 0 Å². The van der Waals surface area contributed by atoms with E-state index in [1.807, 2.05) is 0 Å². The summed E-state index contributed by atoms with van der Waals surface area (Å²) in [7, 11) is -5.76. The van der Waals surface area contributed by atoms with Crippen LogP contribution in [0, 0.1) is 6.92 Å². The summed E-state index contributed by atoms with van der Waals surface area (Å²) in [4.78, 5) is 4.18. The van der Waals surface area contributed by atoms with Gasteiger partial charge in [-0.05, 0) is 31.9 Å². The Balaban J connectivity index is 2.13. The van der Waals surface area contributed by atoms with E-state index in [4.69, 9.17) is 0 Å². The van der Waals surface area contributed by atoms with Crippen molar-refractivity contribution in [1.82, 2.24) is 14.8 Å². The van der Waals surface area contributed by atoms with Gasteiger partial charge < -0.3 is 4.18 Å². The molecule has 0 aliphatic carbocycles. The molecule has 0 aromatic carbocycles. The number of aromatic nitrogens is 3. The van der Waals surface area contributed by atoms with Crippen LogP contribution in [0.4, 0.5) is 13.2 Å². The number of hydrogen-bond donors (Lipinski definition) is 0.